The van der Waals surface area contributed by atoms with Crippen molar-refractivity contribution in [1.29, 1.82) is 0 Å². The Hall–Kier alpha value is -2.20. The van der Waals surface area contributed by atoms with E-state index in [1.807, 2.05) is 19.1 Å². The van der Waals surface area contributed by atoms with Gasteiger partial charge in [0.05, 0.1) is 6.20 Å². The van der Waals surface area contributed by atoms with Crippen LogP contribution in [0, 0.1) is 13.8 Å². The molecule has 1 aromatic carbocycles. The second kappa shape index (κ2) is 10.4. The highest BCUT2D eigenvalue weighted by Crippen LogP contribution is 2.37. The van der Waals surface area contributed by atoms with Crippen molar-refractivity contribution in [2.45, 2.75) is 45.1 Å². The number of piperidine rings is 1. The molecule has 2 fully saturated rings. The molecular weight excluding hydrogens is 505 g/mol. The molecule has 8 nitrogen and oxygen atoms in total. The molecule has 2 atom stereocenters. The van der Waals surface area contributed by atoms with E-state index in [1.165, 1.54) is 5.56 Å². The van der Waals surface area contributed by atoms with Crippen molar-refractivity contribution in [1.82, 2.24) is 25.1 Å². The SMILES string of the molecule is Cc1cc(Nc2nc(Nc3cc(Cl)c(C4CCN(C5CCS(=O)C5)CC4)cc3C)ncc2Cl)n[nH]1. The maximum atomic E-state index is 11.8. The number of likely N-dealkylation sites (tertiary alicyclic amines) is 1. The third kappa shape index (κ3) is 5.63. The maximum Gasteiger partial charge on any atom is 0.229 e. The van der Waals surface area contributed by atoms with E-state index in [9.17, 15) is 4.21 Å². The quantitative estimate of drug-likeness (QED) is 0.394. The van der Waals surface area contributed by atoms with Crippen molar-refractivity contribution in [2.75, 3.05) is 35.2 Å². The van der Waals surface area contributed by atoms with E-state index in [2.05, 4.69) is 48.7 Å². The Morgan fingerprint density at radius 1 is 1.09 bits per heavy atom. The van der Waals surface area contributed by atoms with Gasteiger partial charge >= 0.3 is 0 Å². The molecule has 0 radical (unpaired) electrons. The van der Waals surface area contributed by atoms with Crippen molar-refractivity contribution in [3.05, 3.63) is 51.3 Å². The first kappa shape index (κ1) is 24.5. The summed E-state index contributed by atoms with van der Waals surface area (Å²) in [5.74, 6) is 3.62. The van der Waals surface area contributed by atoms with Gasteiger partial charge in [0, 0.05) is 50.8 Å². The molecule has 186 valence electrons. The minimum Gasteiger partial charge on any atom is -0.324 e. The lowest BCUT2D eigenvalue weighted by Crippen LogP contribution is -2.41. The van der Waals surface area contributed by atoms with Crippen molar-refractivity contribution in [3.8, 4) is 0 Å². The first-order chi connectivity index (χ1) is 16.9. The third-order valence-corrected chi connectivity index (χ3v) is 8.88. The van der Waals surface area contributed by atoms with Crippen molar-refractivity contribution >= 4 is 57.3 Å². The summed E-state index contributed by atoms with van der Waals surface area (Å²) < 4.78 is 11.8. The zero-order chi connectivity index (χ0) is 24.5. The van der Waals surface area contributed by atoms with Crippen LogP contribution in [-0.2, 0) is 10.8 Å². The van der Waals surface area contributed by atoms with E-state index in [4.69, 9.17) is 23.2 Å². The van der Waals surface area contributed by atoms with Crippen molar-refractivity contribution in [3.63, 3.8) is 0 Å². The molecule has 5 rings (SSSR count). The highest BCUT2D eigenvalue weighted by molar-refractivity contribution is 7.85. The summed E-state index contributed by atoms with van der Waals surface area (Å²) in [4.78, 5) is 11.4. The van der Waals surface area contributed by atoms with Crippen LogP contribution in [0.5, 0.6) is 0 Å². The molecule has 3 N–H and O–H groups in total. The molecule has 0 aliphatic carbocycles. The summed E-state index contributed by atoms with van der Waals surface area (Å²) in [6.45, 7) is 6.05. The van der Waals surface area contributed by atoms with Gasteiger partial charge in [-0.1, -0.05) is 29.3 Å². The number of anilines is 4. The summed E-state index contributed by atoms with van der Waals surface area (Å²) >= 11 is 13.1. The average molecular weight is 535 g/mol. The Balaban J connectivity index is 1.27. The van der Waals surface area contributed by atoms with E-state index in [1.54, 1.807) is 6.20 Å². The number of benzene rings is 1. The number of hydrogen-bond donors (Lipinski definition) is 3. The molecule has 2 saturated heterocycles. The summed E-state index contributed by atoms with van der Waals surface area (Å²) in [5, 5.41) is 14.6. The molecular formula is C24H29Cl2N7OS. The number of aromatic amines is 1. The van der Waals surface area contributed by atoms with Gasteiger partial charge in [-0.05, 0) is 69.3 Å². The van der Waals surface area contributed by atoms with Crippen LogP contribution in [0.15, 0.2) is 24.4 Å². The van der Waals surface area contributed by atoms with Crippen LogP contribution in [0.2, 0.25) is 10.0 Å². The largest absolute Gasteiger partial charge is 0.324 e. The van der Waals surface area contributed by atoms with E-state index in [0.29, 0.717) is 34.6 Å². The Labute approximate surface area is 217 Å². The van der Waals surface area contributed by atoms with Crippen LogP contribution in [0.4, 0.5) is 23.3 Å². The van der Waals surface area contributed by atoms with Crippen molar-refractivity contribution in [2.24, 2.45) is 0 Å². The summed E-state index contributed by atoms with van der Waals surface area (Å²) in [6.07, 6.45) is 4.74. The molecule has 4 heterocycles. The summed E-state index contributed by atoms with van der Waals surface area (Å²) in [5.41, 5.74) is 4.06. The molecule has 0 saturated carbocycles. The molecule has 35 heavy (non-hydrogen) atoms. The zero-order valence-electron chi connectivity index (χ0n) is 19.8. The Morgan fingerprint density at radius 3 is 2.57 bits per heavy atom. The number of nitrogens with one attached hydrogen (secondary N) is 3. The van der Waals surface area contributed by atoms with E-state index < -0.39 is 10.8 Å². The second-order valence-corrected chi connectivity index (χ2v) is 11.8. The maximum absolute atomic E-state index is 11.8. The molecule has 2 aromatic heterocycles. The van der Waals surface area contributed by atoms with Crippen LogP contribution in [0.25, 0.3) is 0 Å². The summed E-state index contributed by atoms with van der Waals surface area (Å²) in [7, 11) is -0.634. The first-order valence-electron chi connectivity index (χ1n) is 11.8. The molecule has 0 bridgehead atoms. The second-order valence-electron chi connectivity index (χ2n) is 9.33. The predicted octanol–water partition coefficient (Wildman–Crippen LogP) is 5.31. The third-order valence-electron chi connectivity index (χ3n) is 6.83. The topological polar surface area (TPSA) is 98.8 Å². The van der Waals surface area contributed by atoms with Gasteiger partial charge in [-0.3, -0.25) is 14.2 Å². The number of rotatable bonds is 6. The molecule has 3 aromatic rings. The fraction of sp³-hybridized carbons (Fsp3) is 0.458. The average Bonchev–Trinajstić information content (AvgIpc) is 3.46. The Kier molecular flexibility index (Phi) is 7.29. The number of halogens is 2. The molecule has 0 amide bonds. The van der Waals surface area contributed by atoms with Gasteiger partial charge < -0.3 is 10.6 Å². The van der Waals surface area contributed by atoms with Crippen LogP contribution >= 0.6 is 23.2 Å². The van der Waals surface area contributed by atoms with Gasteiger partial charge in [-0.15, -0.1) is 0 Å². The lowest BCUT2D eigenvalue weighted by molar-refractivity contribution is 0.165. The zero-order valence-corrected chi connectivity index (χ0v) is 22.1. The minimum absolute atomic E-state index is 0.400. The highest BCUT2D eigenvalue weighted by atomic mass is 35.5. The van der Waals surface area contributed by atoms with Crippen LogP contribution < -0.4 is 10.6 Å². The van der Waals surface area contributed by atoms with Gasteiger partial charge in [-0.25, -0.2) is 4.98 Å². The number of H-pyrrole nitrogens is 1. The molecule has 2 aliphatic rings. The van der Waals surface area contributed by atoms with Crippen LogP contribution in [-0.4, -0.2) is 59.9 Å². The normalized spacial score (nSPS) is 21.4. The molecule has 0 spiro atoms. The number of hydrogen-bond acceptors (Lipinski definition) is 7. The van der Waals surface area contributed by atoms with Crippen molar-refractivity contribution < 1.29 is 4.21 Å². The number of aryl methyl sites for hydroxylation is 2. The lowest BCUT2D eigenvalue weighted by atomic mass is 9.87. The standard InChI is InChI=1S/C24H29Cl2N7OS/c1-14-9-18(16-3-6-33(7-4-16)17-5-8-35(34)13-17)19(25)11-21(14)28-24-27-12-20(26)23(30-24)29-22-10-15(2)31-32-22/h9-12,16-17H,3-8,13H2,1-2H3,(H3,27,28,29,30,31,32). The smallest absolute Gasteiger partial charge is 0.229 e. The predicted molar refractivity (Wildman–Crippen MR) is 143 cm³/mol. The summed E-state index contributed by atoms with van der Waals surface area (Å²) in [6, 6.07) is 6.49. The Morgan fingerprint density at radius 2 is 1.89 bits per heavy atom. The monoisotopic (exact) mass is 533 g/mol. The van der Waals surface area contributed by atoms with E-state index >= 15 is 0 Å². The lowest BCUT2D eigenvalue weighted by Gasteiger charge is -2.36. The number of nitrogens with zero attached hydrogens (tertiary/aromatic N) is 4. The first-order valence-corrected chi connectivity index (χ1v) is 14.1. The fourth-order valence-electron chi connectivity index (χ4n) is 4.90. The Bertz CT molecular complexity index is 1240. The van der Waals surface area contributed by atoms with Gasteiger partial charge in [0.15, 0.2) is 11.6 Å². The van der Waals surface area contributed by atoms with E-state index in [-0.39, 0.29) is 0 Å². The van der Waals surface area contributed by atoms with Gasteiger partial charge in [0.25, 0.3) is 0 Å². The molecule has 2 aliphatic heterocycles. The van der Waals surface area contributed by atoms with Gasteiger partial charge in [-0.2, -0.15) is 10.1 Å². The molecule has 2 unspecified atom stereocenters. The van der Waals surface area contributed by atoms with Gasteiger partial charge in [0.2, 0.25) is 5.95 Å². The van der Waals surface area contributed by atoms with Gasteiger partial charge in [0.1, 0.15) is 5.02 Å². The number of aromatic nitrogens is 4. The van der Waals surface area contributed by atoms with Crippen LogP contribution in [0.1, 0.15) is 42.0 Å². The highest BCUT2D eigenvalue weighted by Gasteiger charge is 2.31. The fourth-order valence-corrected chi connectivity index (χ4v) is 6.87. The van der Waals surface area contributed by atoms with Crippen LogP contribution in [0.3, 0.4) is 0 Å². The molecule has 11 heteroatoms. The minimum atomic E-state index is -0.634. The van der Waals surface area contributed by atoms with E-state index in [0.717, 1.165) is 65.8 Å².